The van der Waals surface area contributed by atoms with Gasteiger partial charge in [0.2, 0.25) is 0 Å². The van der Waals surface area contributed by atoms with Crippen molar-refractivity contribution in [3.8, 4) is 5.75 Å². The number of nitrogens with one attached hydrogen (secondary N) is 1. The standard InChI is InChI=1S/C21H22FN3O2/c1-3-25-20(12-13-23-25)15(2)24-21(26)17-6-4-16(5-7-17)14-27-19-10-8-18(22)9-11-19/h4-13,15H,3,14H2,1-2H3,(H,24,26). The molecule has 0 bridgehead atoms. The van der Waals surface area contributed by atoms with E-state index in [1.807, 2.05) is 36.7 Å². The molecule has 0 fully saturated rings. The van der Waals surface area contributed by atoms with Crippen LogP contribution in [0.25, 0.3) is 0 Å². The summed E-state index contributed by atoms with van der Waals surface area (Å²) in [4.78, 5) is 12.5. The van der Waals surface area contributed by atoms with Crippen LogP contribution in [-0.4, -0.2) is 15.7 Å². The van der Waals surface area contributed by atoms with E-state index in [0.29, 0.717) is 17.9 Å². The summed E-state index contributed by atoms with van der Waals surface area (Å²) in [5.41, 5.74) is 2.47. The number of aromatic nitrogens is 2. The first kappa shape index (κ1) is 18.6. The van der Waals surface area contributed by atoms with Crippen LogP contribution in [0, 0.1) is 5.82 Å². The molecule has 5 nitrogen and oxygen atoms in total. The lowest BCUT2D eigenvalue weighted by molar-refractivity contribution is 0.0938. The van der Waals surface area contributed by atoms with Crippen LogP contribution in [0.4, 0.5) is 4.39 Å². The van der Waals surface area contributed by atoms with Gasteiger partial charge in [-0.2, -0.15) is 5.10 Å². The van der Waals surface area contributed by atoms with Gasteiger partial charge in [-0.15, -0.1) is 0 Å². The molecule has 6 heteroatoms. The van der Waals surface area contributed by atoms with Gasteiger partial charge in [0.1, 0.15) is 18.2 Å². The highest BCUT2D eigenvalue weighted by molar-refractivity contribution is 5.94. The molecular weight excluding hydrogens is 345 g/mol. The van der Waals surface area contributed by atoms with E-state index in [1.165, 1.54) is 12.1 Å². The number of hydrogen-bond donors (Lipinski definition) is 1. The van der Waals surface area contributed by atoms with Crippen LogP contribution < -0.4 is 10.1 Å². The van der Waals surface area contributed by atoms with Crippen molar-refractivity contribution in [3.63, 3.8) is 0 Å². The van der Waals surface area contributed by atoms with Crippen molar-refractivity contribution in [3.05, 3.63) is 83.4 Å². The number of nitrogens with zero attached hydrogens (tertiary/aromatic N) is 2. The summed E-state index contributed by atoms with van der Waals surface area (Å²) in [6, 6.07) is 14.9. The minimum atomic E-state index is -0.297. The second-order valence-electron chi connectivity index (χ2n) is 6.21. The van der Waals surface area contributed by atoms with E-state index in [1.54, 1.807) is 30.5 Å². The lowest BCUT2D eigenvalue weighted by atomic mass is 10.1. The molecule has 1 heterocycles. The monoisotopic (exact) mass is 367 g/mol. The quantitative estimate of drug-likeness (QED) is 0.684. The minimum absolute atomic E-state index is 0.138. The van der Waals surface area contributed by atoms with Crippen LogP contribution >= 0.6 is 0 Å². The van der Waals surface area contributed by atoms with Crippen LogP contribution in [0.5, 0.6) is 5.75 Å². The summed E-state index contributed by atoms with van der Waals surface area (Å²) in [6.45, 7) is 5.05. The lowest BCUT2D eigenvalue weighted by Gasteiger charge is -2.15. The van der Waals surface area contributed by atoms with E-state index in [-0.39, 0.29) is 17.8 Å². The van der Waals surface area contributed by atoms with E-state index in [4.69, 9.17) is 4.74 Å². The molecule has 0 saturated carbocycles. The number of halogens is 1. The predicted molar refractivity (Wildman–Crippen MR) is 101 cm³/mol. The number of amides is 1. The molecule has 0 aliphatic heterocycles. The van der Waals surface area contributed by atoms with Gasteiger partial charge in [-0.25, -0.2) is 4.39 Å². The molecule has 0 aliphatic rings. The summed E-state index contributed by atoms with van der Waals surface area (Å²) >= 11 is 0. The van der Waals surface area contributed by atoms with Gasteiger partial charge >= 0.3 is 0 Å². The Kier molecular flexibility index (Phi) is 5.86. The van der Waals surface area contributed by atoms with Gasteiger partial charge in [-0.3, -0.25) is 9.48 Å². The van der Waals surface area contributed by atoms with Crippen molar-refractivity contribution in [2.24, 2.45) is 0 Å². The zero-order chi connectivity index (χ0) is 19.2. The zero-order valence-electron chi connectivity index (χ0n) is 15.4. The molecule has 140 valence electrons. The number of carbonyl (C=O) groups excluding carboxylic acids is 1. The van der Waals surface area contributed by atoms with Crippen molar-refractivity contribution in [2.45, 2.75) is 33.0 Å². The number of benzene rings is 2. The molecule has 1 N–H and O–H groups in total. The summed E-state index contributed by atoms with van der Waals surface area (Å²) in [5.74, 6) is 0.158. The fourth-order valence-corrected chi connectivity index (χ4v) is 2.78. The molecule has 0 saturated heterocycles. The molecule has 1 atom stereocenters. The lowest BCUT2D eigenvalue weighted by Crippen LogP contribution is -2.28. The molecule has 1 amide bonds. The molecule has 27 heavy (non-hydrogen) atoms. The van der Waals surface area contributed by atoms with E-state index in [9.17, 15) is 9.18 Å². The Morgan fingerprint density at radius 3 is 2.52 bits per heavy atom. The first-order valence-corrected chi connectivity index (χ1v) is 8.86. The van der Waals surface area contributed by atoms with Crippen LogP contribution in [0.3, 0.4) is 0 Å². The Labute approximate surface area is 157 Å². The average molecular weight is 367 g/mol. The molecule has 0 aliphatic carbocycles. The first-order valence-electron chi connectivity index (χ1n) is 8.86. The zero-order valence-corrected chi connectivity index (χ0v) is 15.4. The molecule has 0 radical (unpaired) electrons. The van der Waals surface area contributed by atoms with Crippen molar-refractivity contribution in [1.82, 2.24) is 15.1 Å². The summed E-state index contributed by atoms with van der Waals surface area (Å²) in [7, 11) is 0. The molecular formula is C21H22FN3O2. The van der Waals surface area contributed by atoms with E-state index >= 15 is 0 Å². The third-order valence-corrected chi connectivity index (χ3v) is 4.28. The van der Waals surface area contributed by atoms with Crippen molar-refractivity contribution in [2.75, 3.05) is 0 Å². The van der Waals surface area contributed by atoms with Gasteiger partial charge in [0.05, 0.1) is 11.7 Å². The van der Waals surface area contributed by atoms with Gasteiger partial charge in [-0.1, -0.05) is 12.1 Å². The maximum absolute atomic E-state index is 12.9. The van der Waals surface area contributed by atoms with E-state index in [0.717, 1.165) is 17.8 Å². The van der Waals surface area contributed by atoms with Crippen LogP contribution in [0.1, 0.15) is 41.5 Å². The molecule has 3 rings (SSSR count). The molecule has 1 aromatic heterocycles. The van der Waals surface area contributed by atoms with Gasteiger partial charge in [0.15, 0.2) is 0 Å². The van der Waals surface area contributed by atoms with Crippen LogP contribution in [0.2, 0.25) is 0 Å². The highest BCUT2D eigenvalue weighted by Gasteiger charge is 2.14. The summed E-state index contributed by atoms with van der Waals surface area (Å²) in [6.07, 6.45) is 1.73. The average Bonchev–Trinajstić information content (AvgIpc) is 3.17. The number of ether oxygens (including phenoxy) is 1. The third kappa shape index (κ3) is 4.73. The topological polar surface area (TPSA) is 56.2 Å². The van der Waals surface area contributed by atoms with E-state index in [2.05, 4.69) is 10.4 Å². The molecule has 0 spiro atoms. The number of carbonyl (C=O) groups is 1. The van der Waals surface area contributed by atoms with Crippen LogP contribution in [-0.2, 0) is 13.2 Å². The minimum Gasteiger partial charge on any atom is -0.489 e. The Morgan fingerprint density at radius 1 is 1.15 bits per heavy atom. The Bertz CT molecular complexity index is 889. The SMILES string of the molecule is CCn1nccc1C(C)NC(=O)c1ccc(COc2ccc(F)cc2)cc1. The maximum atomic E-state index is 12.9. The maximum Gasteiger partial charge on any atom is 0.251 e. The Balaban J connectivity index is 1.57. The smallest absolute Gasteiger partial charge is 0.251 e. The molecule has 3 aromatic rings. The third-order valence-electron chi connectivity index (χ3n) is 4.28. The second-order valence-corrected chi connectivity index (χ2v) is 6.21. The summed E-state index contributed by atoms with van der Waals surface area (Å²) < 4.78 is 20.4. The van der Waals surface area contributed by atoms with E-state index < -0.39 is 0 Å². The normalized spacial score (nSPS) is 11.8. The number of hydrogen-bond acceptors (Lipinski definition) is 3. The largest absolute Gasteiger partial charge is 0.489 e. The Morgan fingerprint density at radius 2 is 1.85 bits per heavy atom. The number of aryl methyl sites for hydroxylation is 1. The Hall–Kier alpha value is -3.15. The number of rotatable bonds is 7. The van der Waals surface area contributed by atoms with Gasteiger partial charge in [-0.05, 0) is 61.9 Å². The highest BCUT2D eigenvalue weighted by atomic mass is 19.1. The van der Waals surface area contributed by atoms with Crippen LogP contribution in [0.15, 0.2) is 60.8 Å². The fraction of sp³-hybridized carbons (Fsp3) is 0.238. The van der Waals surface area contributed by atoms with Crippen molar-refractivity contribution >= 4 is 5.91 Å². The van der Waals surface area contributed by atoms with Gasteiger partial charge in [0.25, 0.3) is 5.91 Å². The predicted octanol–water partition coefficient (Wildman–Crippen LogP) is 4.11. The van der Waals surface area contributed by atoms with Gasteiger partial charge < -0.3 is 10.1 Å². The van der Waals surface area contributed by atoms with Crippen molar-refractivity contribution in [1.29, 1.82) is 0 Å². The second kappa shape index (κ2) is 8.49. The molecule has 2 aromatic carbocycles. The molecule has 1 unspecified atom stereocenters. The van der Waals surface area contributed by atoms with Crippen molar-refractivity contribution < 1.29 is 13.9 Å². The summed E-state index contributed by atoms with van der Waals surface area (Å²) in [5, 5.41) is 7.22. The van der Waals surface area contributed by atoms with Gasteiger partial charge in [0, 0.05) is 18.3 Å². The fourth-order valence-electron chi connectivity index (χ4n) is 2.78. The highest BCUT2D eigenvalue weighted by Crippen LogP contribution is 2.15. The first-order chi connectivity index (χ1) is 13.1.